The number of phenols is 1. The third-order valence-corrected chi connectivity index (χ3v) is 24.1. The molecule has 1 saturated heterocycles. The van der Waals surface area contributed by atoms with Crippen molar-refractivity contribution < 1.29 is 92.0 Å². The number of halogens is 10. The number of thiophene rings is 5. The number of nitrogens with one attached hydrogen (secondary N) is 2. The summed E-state index contributed by atoms with van der Waals surface area (Å²) in [4.78, 5) is 66.6. The molecule has 41 heteroatoms. The Hall–Kier alpha value is -9.26. The Morgan fingerprint density at radius 1 is 0.541 bits per heavy atom. The second-order valence-electron chi connectivity index (χ2n) is 23.9. The number of fused-ring (bicyclic) bond motifs is 5. The van der Waals surface area contributed by atoms with E-state index in [1.54, 1.807) is 96.1 Å². The summed E-state index contributed by atoms with van der Waals surface area (Å²) >= 11 is 42.4. The van der Waals surface area contributed by atoms with Crippen LogP contribution in [0.5, 0.6) is 40.2 Å². The summed E-state index contributed by atoms with van der Waals surface area (Å²) in [5, 5.41) is 40.3. The van der Waals surface area contributed by atoms with E-state index in [-0.39, 0.29) is 91.4 Å². The SMILES string of the molecule is C1CCOC1.Clc1ccnc2cc(Br)sc12.Clc1ccnc2ccsc12.Nc1ccc(Oc2ccnc3cc(Br)sc23)c(F)c1.O=C(Cc1ccccc1)N=C=S.O=C(Cc1ccccc1)NC(=S)Nc1ccc(Oc2ccnc3cc(Br)sc23)c(F)c1.O=[N+]([O-])c1ccc(O)c(F)c1.O=[N+]([O-])c1ccc(Oc2ccnc3cc(Br)sc23)c(F)c1.[B].[H-].[Na+]. The second-order valence-corrected chi connectivity index (χ2v) is 35.9. The number of aromatic hydroxyl groups is 1. The molecule has 617 valence electrons. The van der Waals surface area contributed by atoms with Crippen molar-refractivity contribution in [1.29, 1.82) is 0 Å². The average molecular weight is 2080 g/mol. The van der Waals surface area contributed by atoms with Crippen LogP contribution in [0.2, 0.25) is 10.0 Å². The van der Waals surface area contributed by atoms with E-state index in [9.17, 15) is 47.4 Å². The van der Waals surface area contributed by atoms with Crippen molar-refractivity contribution in [2.24, 2.45) is 4.99 Å². The average Bonchev–Trinajstić information content (AvgIpc) is 1.79. The third kappa shape index (κ3) is 30.0. The number of nitro groups is 2. The zero-order valence-electron chi connectivity index (χ0n) is 63.6. The topological polar surface area (TPSA) is 304 Å². The van der Waals surface area contributed by atoms with Crippen molar-refractivity contribution in [2.45, 2.75) is 25.7 Å². The van der Waals surface area contributed by atoms with Crippen LogP contribution >= 0.6 is 168 Å². The Morgan fingerprint density at radius 3 is 1.38 bits per heavy atom. The normalized spacial score (nSPS) is 10.8. The number of thiocarbonyl (C=S) groups is 2. The molecule has 0 atom stereocenters. The number of non-ortho nitro benzene ring substituents is 2. The Morgan fingerprint density at radius 2 is 0.951 bits per heavy atom. The number of phenolic OH excluding ortho intramolecular Hbond substituents is 1. The molecule has 3 radical (unpaired) electrons. The predicted molar refractivity (Wildman–Crippen MR) is 496 cm³/mol. The Balaban J connectivity index is 0.000000202. The number of nitrogens with two attached hydrogens (primary N) is 1. The van der Waals surface area contributed by atoms with Crippen LogP contribution in [0.4, 0.5) is 40.3 Å². The van der Waals surface area contributed by atoms with Gasteiger partial charge in [0.1, 0.15) is 17.2 Å². The Labute approximate surface area is 791 Å². The number of isothiocyanates is 1. The van der Waals surface area contributed by atoms with Gasteiger partial charge in [-0.15, -0.1) is 56.7 Å². The Kier molecular flexibility index (Phi) is 39.7. The van der Waals surface area contributed by atoms with Crippen molar-refractivity contribution in [2.75, 3.05) is 24.3 Å². The van der Waals surface area contributed by atoms with Crippen molar-refractivity contribution in [1.82, 2.24) is 30.2 Å². The van der Waals surface area contributed by atoms with E-state index in [0.29, 0.717) is 41.1 Å². The van der Waals surface area contributed by atoms with Gasteiger partial charge in [0, 0.05) is 106 Å². The molecule has 0 aliphatic carbocycles. The number of aliphatic imine (C=N–C) groups is 1. The number of carbonyl (C=O) groups is 2. The van der Waals surface area contributed by atoms with Crippen molar-refractivity contribution in [3.8, 4) is 40.2 Å². The quantitative estimate of drug-likeness (QED) is 0.0159. The van der Waals surface area contributed by atoms with E-state index in [2.05, 4.69) is 116 Å². The van der Waals surface area contributed by atoms with E-state index >= 15 is 0 Å². The molecule has 16 aromatic rings. The number of nitrogen functional groups attached to an aromatic ring is 1. The Bertz CT molecular complexity index is 6380. The fraction of sp³-hybridized carbons (Fsp3) is 0.0741. The van der Waals surface area contributed by atoms with Gasteiger partial charge in [-0.1, -0.05) is 83.9 Å². The summed E-state index contributed by atoms with van der Waals surface area (Å²) < 4.78 is 84.8. The van der Waals surface area contributed by atoms with E-state index < -0.39 is 38.9 Å². The van der Waals surface area contributed by atoms with E-state index in [1.807, 2.05) is 102 Å². The maximum Gasteiger partial charge on any atom is 1.00 e. The molecule has 22 nitrogen and oxygen atoms in total. The van der Waals surface area contributed by atoms with Crippen LogP contribution < -0.4 is 60.1 Å². The number of nitrogens with zero attached hydrogens (tertiary/aromatic N) is 8. The number of amides is 2. The molecular formula is C81H56BBr4Cl2F4N11NaO11S7. The van der Waals surface area contributed by atoms with Crippen molar-refractivity contribution >= 4 is 272 Å². The molecule has 1 aliphatic rings. The van der Waals surface area contributed by atoms with Gasteiger partial charge < -0.3 is 41.8 Å². The second kappa shape index (κ2) is 49.3. The molecule has 17 rings (SSSR count). The number of ether oxygens (including phenoxy) is 4. The minimum absolute atomic E-state index is 0. The first-order chi connectivity index (χ1) is 57.7. The first-order valence-electron chi connectivity index (χ1n) is 34.4. The van der Waals surface area contributed by atoms with Crippen LogP contribution in [0.15, 0.2) is 251 Å². The number of hydrogen-bond acceptors (Lipinski definition) is 24. The van der Waals surface area contributed by atoms with Gasteiger partial charge in [-0.2, -0.15) is 4.99 Å². The zero-order valence-corrected chi connectivity index (χ0v) is 78.2. The zero-order chi connectivity index (χ0) is 85.8. The van der Waals surface area contributed by atoms with Gasteiger partial charge >= 0.3 is 29.6 Å². The molecule has 2 amide bonds. The smallest absolute Gasteiger partial charge is 1.00 e. The third-order valence-electron chi connectivity index (χ3n) is 15.4. The summed E-state index contributed by atoms with van der Waals surface area (Å²) in [6.07, 6.45) is 11.3. The first kappa shape index (κ1) is 98.2. The van der Waals surface area contributed by atoms with Crippen LogP contribution in [0.3, 0.4) is 0 Å². The van der Waals surface area contributed by atoms with Gasteiger partial charge in [0.15, 0.2) is 51.4 Å². The fourth-order valence-electron chi connectivity index (χ4n) is 10.0. The van der Waals surface area contributed by atoms with Gasteiger partial charge in [0.25, 0.3) is 17.3 Å². The molecular weight excluding hydrogens is 2030 g/mol. The van der Waals surface area contributed by atoms with E-state index in [0.717, 1.165) is 119 Å². The molecule has 11 heterocycles. The number of hydrogen-bond donors (Lipinski definition) is 4. The number of anilines is 2. The molecule has 122 heavy (non-hydrogen) atoms. The number of rotatable bonds is 13. The largest absolute Gasteiger partial charge is 1.00 e. The van der Waals surface area contributed by atoms with Crippen LogP contribution in [-0.4, -0.2) is 83.6 Å². The minimum Gasteiger partial charge on any atom is -1.00 e. The minimum atomic E-state index is -0.987. The molecule has 10 aromatic heterocycles. The molecule has 0 spiro atoms. The fourth-order valence-corrected chi connectivity index (χ4v) is 17.6. The van der Waals surface area contributed by atoms with Gasteiger partial charge in [0.2, 0.25) is 5.91 Å². The summed E-state index contributed by atoms with van der Waals surface area (Å²) in [6, 6.07) is 51.5. The van der Waals surface area contributed by atoms with Crippen LogP contribution in [-0.2, 0) is 27.2 Å². The molecule has 0 bridgehead atoms. The summed E-state index contributed by atoms with van der Waals surface area (Å²) in [5.41, 5.74) is 11.6. The summed E-state index contributed by atoms with van der Waals surface area (Å²) in [7, 11) is 0. The van der Waals surface area contributed by atoms with Crippen molar-refractivity contribution in [3.05, 3.63) is 310 Å². The predicted octanol–water partition coefficient (Wildman–Crippen LogP) is 23.0. The molecule has 1 fully saturated rings. The van der Waals surface area contributed by atoms with Crippen LogP contribution in [0, 0.1) is 43.5 Å². The molecule has 6 aromatic carbocycles. The number of nitro benzene ring substituents is 2. The van der Waals surface area contributed by atoms with Gasteiger partial charge in [-0.25, -0.2) is 17.6 Å². The van der Waals surface area contributed by atoms with Gasteiger partial charge in [-0.3, -0.25) is 54.7 Å². The van der Waals surface area contributed by atoms with Gasteiger partial charge in [-0.05, 0) is 196 Å². The monoisotopic (exact) mass is 2080 g/mol. The molecule has 0 unspecified atom stereocenters. The molecule has 0 saturated carbocycles. The summed E-state index contributed by atoms with van der Waals surface area (Å²) in [6.45, 7) is 2.00. The molecule has 5 N–H and O–H groups in total. The number of aromatic nitrogens is 5. The van der Waals surface area contributed by atoms with E-state index in [4.69, 9.17) is 65.2 Å². The number of carbonyl (C=O) groups excluding carboxylic acids is 2. The summed E-state index contributed by atoms with van der Waals surface area (Å²) in [5.74, 6) is -2.24. The van der Waals surface area contributed by atoms with Crippen LogP contribution in [0.25, 0.3) is 51.1 Å². The van der Waals surface area contributed by atoms with Crippen LogP contribution in [0.1, 0.15) is 25.4 Å². The number of benzene rings is 6. The maximum absolute atomic E-state index is 14.6. The maximum atomic E-state index is 14.6. The standard InChI is InChI=1S/C22H15BrFN3O2S2.C13H6BrFN2O3S.C13H8BrFN2OS.C9H7NOS.C7H3BrClNS.C7H4ClNS.C6H4FNO3.C4H8O.B.Na.H/c23-19-12-16-21(31-19)18(8-9-25-16)29-17-7-6-14(11-15(17)24)26-22(30)27-20(28)10-13-4-2-1-3-5-13;14-12-6-9-13(21-12)11(3-4-16-9)20-10-2-1-7(17(18)19)5-8(10)15;14-12-6-9-13(19-12)11(3-4-17-9)18-10-2-1-7(16)5-8(10)15;11-9(10-7-12)6-8-4-2-1-3-5-8;8-6-3-5-7(11-6)4(9)1-2-10-5;8-5-1-3-9-6-2-4-10-7(5)6;7-5-3-4(8(10)11)1-2-6(5)9;1-2-4-5-3-1;;;/h1-9,11-12H,10H2,(H2,26,27,28,30);1-6H;1-6H,16H2;1-5H,6H2;1-3H;1-4H;1-3,9H;1-4H2;;;/q;;;;;;;;;+1;-1. The van der Waals surface area contributed by atoms with Gasteiger partial charge in [0.05, 0.1) is 116 Å². The van der Waals surface area contributed by atoms with E-state index in [1.165, 1.54) is 83.3 Å². The number of pyridine rings is 5. The van der Waals surface area contributed by atoms with Crippen molar-refractivity contribution in [3.63, 3.8) is 0 Å². The first-order valence-corrected chi connectivity index (χ1v) is 43.2. The molecule has 1 aliphatic heterocycles.